The fraction of sp³-hybridized carbons (Fsp3) is 0.591. The maximum atomic E-state index is 12.2. The van der Waals surface area contributed by atoms with Gasteiger partial charge in [-0.2, -0.15) is 0 Å². The Labute approximate surface area is 178 Å². The van der Waals surface area contributed by atoms with Crippen molar-refractivity contribution in [3.8, 4) is 0 Å². The lowest BCUT2D eigenvalue weighted by atomic mass is 9.97. The van der Waals surface area contributed by atoms with E-state index < -0.39 is 17.7 Å². The summed E-state index contributed by atoms with van der Waals surface area (Å²) < 4.78 is 5.24. The second-order valence-corrected chi connectivity index (χ2v) is 8.85. The van der Waals surface area contributed by atoms with Crippen LogP contribution in [0.5, 0.6) is 0 Å². The Kier molecular flexibility index (Phi) is 8.23. The summed E-state index contributed by atoms with van der Waals surface area (Å²) in [4.78, 5) is 38.1. The number of hydrogen-bond acceptors (Lipinski definition) is 5. The number of amides is 4. The minimum absolute atomic E-state index is 0.173. The summed E-state index contributed by atoms with van der Waals surface area (Å²) >= 11 is 0. The third-order valence-corrected chi connectivity index (χ3v) is 5.11. The molecular weight excluding hydrogens is 384 g/mol. The molecular formula is C22H34N4O4. The number of piperidine rings is 1. The van der Waals surface area contributed by atoms with Gasteiger partial charge in [0.05, 0.1) is 6.54 Å². The molecule has 8 nitrogen and oxygen atoms in total. The number of anilines is 1. The number of benzene rings is 1. The van der Waals surface area contributed by atoms with Gasteiger partial charge >= 0.3 is 12.1 Å². The summed E-state index contributed by atoms with van der Waals surface area (Å²) in [6.45, 7) is 11.6. The molecule has 1 aromatic carbocycles. The first-order valence-electron chi connectivity index (χ1n) is 10.4. The molecule has 0 saturated carbocycles. The van der Waals surface area contributed by atoms with Gasteiger partial charge in [-0.05, 0) is 83.7 Å². The van der Waals surface area contributed by atoms with Gasteiger partial charge in [0.2, 0.25) is 5.91 Å². The number of nitrogens with one attached hydrogen (secondary N) is 3. The lowest BCUT2D eigenvalue weighted by molar-refractivity contribution is -0.121. The smallest absolute Gasteiger partial charge is 0.407 e. The normalized spacial score (nSPS) is 15.4. The summed E-state index contributed by atoms with van der Waals surface area (Å²) in [7, 11) is 0. The Morgan fingerprint density at radius 3 is 2.43 bits per heavy atom. The van der Waals surface area contributed by atoms with Gasteiger partial charge in [0.1, 0.15) is 5.60 Å². The summed E-state index contributed by atoms with van der Waals surface area (Å²) in [5.41, 5.74) is 2.23. The molecule has 0 bridgehead atoms. The van der Waals surface area contributed by atoms with E-state index >= 15 is 0 Å². The average molecular weight is 419 g/mol. The third-order valence-electron chi connectivity index (χ3n) is 5.11. The quantitative estimate of drug-likeness (QED) is 0.682. The van der Waals surface area contributed by atoms with Crippen LogP contribution < -0.4 is 16.0 Å². The topological polar surface area (TPSA) is 99.8 Å². The van der Waals surface area contributed by atoms with Gasteiger partial charge in [-0.15, -0.1) is 0 Å². The third kappa shape index (κ3) is 8.02. The van der Waals surface area contributed by atoms with Crippen molar-refractivity contribution in [2.24, 2.45) is 5.92 Å². The van der Waals surface area contributed by atoms with Crippen LogP contribution in [0.4, 0.5) is 15.3 Å². The molecule has 0 unspecified atom stereocenters. The van der Waals surface area contributed by atoms with Crippen LogP contribution in [0, 0.1) is 19.8 Å². The van der Waals surface area contributed by atoms with E-state index in [9.17, 15) is 14.4 Å². The van der Waals surface area contributed by atoms with Gasteiger partial charge in [-0.3, -0.25) is 15.0 Å². The number of imide groups is 1. The number of likely N-dealkylation sites (tertiary alicyclic amines) is 1. The number of carbonyl (C=O) groups is 3. The second kappa shape index (κ2) is 10.4. The van der Waals surface area contributed by atoms with Crippen LogP contribution in [0.15, 0.2) is 18.2 Å². The van der Waals surface area contributed by atoms with E-state index in [2.05, 4.69) is 16.0 Å². The van der Waals surface area contributed by atoms with Gasteiger partial charge in [-0.1, -0.05) is 12.1 Å². The van der Waals surface area contributed by atoms with Gasteiger partial charge in [0.25, 0.3) is 0 Å². The lowest BCUT2D eigenvalue weighted by Crippen LogP contribution is -2.45. The van der Waals surface area contributed by atoms with Crippen molar-refractivity contribution in [1.82, 2.24) is 15.5 Å². The number of nitrogens with zero attached hydrogens (tertiary/aromatic N) is 1. The zero-order chi connectivity index (χ0) is 22.3. The monoisotopic (exact) mass is 418 g/mol. The van der Waals surface area contributed by atoms with Crippen LogP contribution in [0.2, 0.25) is 0 Å². The van der Waals surface area contributed by atoms with Crippen LogP contribution in [0.3, 0.4) is 0 Å². The lowest BCUT2D eigenvalue weighted by Gasteiger charge is -2.31. The fourth-order valence-corrected chi connectivity index (χ4v) is 3.30. The molecule has 0 atom stereocenters. The van der Waals surface area contributed by atoms with Crippen molar-refractivity contribution < 1.29 is 19.1 Å². The first-order valence-corrected chi connectivity index (χ1v) is 10.4. The van der Waals surface area contributed by atoms with E-state index in [0.717, 1.165) is 37.1 Å². The minimum atomic E-state index is -0.523. The SMILES string of the molecule is Cc1cccc(NC(=O)NC(=O)CN2CCC(CNC(=O)OC(C)(C)C)CC2)c1C. The van der Waals surface area contributed by atoms with E-state index in [4.69, 9.17) is 4.74 Å². The predicted octanol–water partition coefficient (Wildman–Crippen LogP) is 3.19. The zero-order valence-corrected chi connectivity index (χ0v) is 18.6. The number of hydrogen-bond donors (Lipinski definition) is 3. The maximum Gasteiger partial charge on any atom is 0.407 e. The van der Waals surface area contributed by atoms with Crippen LogP contribution in [-0.2, 0) is 9.53 Å². The van der Waals surface area contributed by atoms with Crippen molar-refractivity contribution in [3.63, 3.8) is 0 Å². The van der Waals surface area contributed by atoms with E-state index in [1.165, 1.54) is 0 Å². The van der Waals surface area contributed by atoms with Gasteiger partial charge in [0, 0.05) is 12.2 Å². The molecule has 0 aliphatic carbocycles. The zero-order valence-electron chi connectivity index (χ0n) is 18.6. The Morgan fingerprint density at radius 2 is 1.80 bits per heavy atom. The van der Waals surface area contributed by atoms with E-state index in [1.807, 2.05) is 57.7 Å². The largest absolute Gasteiger partial charge is 0.444 e. The Morgan fingerprint density at radius 1 is 1.13 bits per heavy atom. The van der Waals surface area contributed by atoms with Crippen molar-refractivity contribution in [2.75, 3.05) is 31.5 Å². The molecule has 1 heterocycles. The molecule has 0 spiro atoms. The van der Waals surface area contributed by atoms with E-state index in [-0.39, 0.29) is 12.5 Å². The molecule has 166 valence electrons. The van der Waals surface area contributed by atoms with Crippen LogP contribution in [-0.4, -0.2) is 54.7 Å². The van der Waals surface area contributed by atoms with Crippen molar-refractivity contribution >= 4 is 23.7 Å². The fourth-order valence-electron chi connectivity index (χ4n) is 3.30. The van der Waals surface area contributed by atoms with Gasteiger partial charge in [0.15, 0.2) is 0 Å². The Bertz CT molecular complexity index is 765. The highest BCUT2D eigenvalue weighted by Crippen LogP contribution is 2.18. The predicted molar refractivity (Wildman–Crippen MR) is 116 cm³/mol. The molecule has 1 aromatic rings. The van der Waals surface area contributed by atoms with Gasteiger partial charge in [-0.25, -0.2) is 9.59 Å². The van der Waals surface area contributed by atoms with Crippen LogP contribution >= 0.6 is 0 Å². The molecule has 1 saturated heterocycles. The molecule has 3 N–H and O–H groups in total. The first kappa shape index (κ1) is 23.7. The standard InChI is InChI=1S/C22H34N4O4/c1-15-7-6-8-18(16(15)2)24-20(28)25-19(27)14-26-11-9-17(10-12-26)13-23-21(29)30-22(3,4)5/h6-8,17H,9-14H2,1-5H3,(H,23,29)(H2,24,25,27,28). The average Bonchev–Trinajstić information content (AvgIpc) is 2.63. The maximum absolute atomic E-state index is 12.2. The molecule has 1 aliphatic heterocycles. The highest BCUT2D eigenvalue weighted by molar-refractivity contribution is 6.02. The minimum Gasteiger partial charge on any atom is -0.444 e. The summed E-state index contributed by atoms with van der Waals surface area (Å²) in [5.74, 6) is 0.0209. The van der Waals surface area contributed by atoms with Crippen molar-refractivity contribution in [1.29, 1.82) is 0 Å². The summed E-state index contributed by atoms with van der Waals surface area (Å²) in [6, 6.07) is 5.12. The molecule has 30 heavy (non-hydrogen) atoms. The molecule has 1 aliphatic rings. The van der Waals surface area contributed by atoms with E-state index in [1.54, 1.807) is 0 Å². The van der Waals surface area contributed by atoms with Crippen molar-refractivity contribution in [3.05, 3.63) is 29.3 Å². The highest BCUT2D eigenvalue weighted by Gasteiger charge is 2.23. The Balaban J connectivity index is 1.68. The summed E-state index contributed by atoms with van der Waals surface area (Å²) in [5, 5.41) is 7.93. The number of urea groups is 1. The number of aryl methyl sites for hydroxylation is 1. The number of rotatable bonds is 5. The number of alkyl carbamates (subject to hydrolysis) is 1. The molecule has 8 heteroatoms. The molecule has 0 radical (unpaired) electrons. The molecule has 4 amide bonds. The summed E-state index contributed by atoms with van der Waals surface area (Å²) in [6.07, 6.45) is 1.34. The van der Waals surface area contributed by atoms with Crippen molar-refractivity contribution in [2.45, 2.75) is 53.1 Å². The first-order chi connectivity index (χ1) is 14.0. The van der Waals surface area contributed by atoms with Crippen LogP contribution in [0.25, 0.3) is 0 Å². The molecule has 0 aromatic heterocycles. The molecule has 1 fully saturated rings. The molecule has 2 rings (SSSR count). The number of ether oxygens (including phenoxy) is 1. The Hall–Kier alpha value is -2.61. The number of carbonyl (C=O) groups excluding carboxylic acids is 3. The second-order valence-electron chi connectivity index (χ2n) is 8.85. The van der Waals surface area contributed by atoms with Crippen LogP contribution in [0.1, 0.15) is 44.7 Å². The van der Waals surface area contributed by atoms with Gasteiger partial charge < -0.3 is 15.4 Å². The van der Waals surface area contributed by atoms with E-state index in [0.29, 0.717) is 18.2 Å². The highest BCUT2D eigenvalue weighted by atomic mass is 16.6.